The molecule has 0 fully saturated rings. The Kier molecular flexibility index (Phi) is 4.79. The number of nitrogens with two attached hydrogens (primary N) is 1. The largest absolute Gasteiger partial charge is 0.370 e. The van der Waals surface area contributed by atoms with E-state index in [1.165, 1.54) is 11.1 Å². The summed E-state index contributed by atoms with van der Waals surface area (Å²) in [6.07, 6.45) is 0. The van der Waals surface area contributed by atoms with Crippen LogP contribution < -0.4 is 11.1 Å². The third-order valence-corrected chi connectivity index (χ3v) is 3.99. The van der Waals surface area contributed by atoms with Crippen LogP contribution in [0.15, 0.2) is 47.5 Å². The molecule has 25 heavy (non-hydrogen) atoms. The van der Waals surface area contributed by atoms with Gasteiger partial charge in [0, 0.05) is 11.3 Å². The van der Waals surface area contributed by atoms with E-state index in [2.05, 4.69) is 51.5 Å². The van der Waals surface area contributed by atoms with Crippen molar-refractivity contribution in [2.45, 2.75) is 27.3 Å². The Morgan fingerprint density at radius 2 is 1.96 bits per heavy atom. The summed E-state index contributed by atoms with van der Waals surface area (Å²) in [5, 5.41) is 10.2. The van der Waals surface area contributed by atoms with E-state index in [0.717, 1.165) is 22.6 Å². The average Bonchev–Trinajstić information content (AvgIpc) is 3.03. The van der Waals surface area contributed by atoms with Crippen LogP contribution in [-0.4, -0.2) is 21.1 Å². The molecule has 3 aromatic rings. The molecule has 0 atom stereocenters. The lowest BCUT2D eigenvalue weighted by atomic mass is 10.1. The van der Waals surface area contributed by atoms with Gasteiger partial charge in [-0.1, -0.05) is 24.3 Å². The first-order chi connectivity index (χ1) is 12.0. The molecule has 128 valence electrons. The molecule has 0 unspecified atom stereocenters. The van der Waals surface area contributed by atoms with Crippen molar-refractivity contribution in [2.24, 2.45) is 10.7 Å². The summed E-state index contributed by atoms with van der Waals surface area (Å²) < 4.78 is 0. The fourth-order valence-electron chi connectivity index (χ4n) is 2.46. The molecule has 0 radical (unpaired) electrons. The van der Waals surface area contributed by atoms with Crippen molar-refractivity contribution in [1.82, 2.24) is 15.2 Å². The zero-order valence-electron chi connectivity index (χ0n) is 14.7. The highest BCUT2D eigenvalue weighted by molar-refractivity contribution is 5.92. The zero-order valence-corrected chi connectivity index (χ0v) is 14.7. The molecule has 0 saturated heterocycles. The highest BCUT2D eigenvalue weighted by Crippen LogP contribution is 2.17. The van der Waals surface area contributed by atoms with Crippen molar-refractivity contribution in [3.05, 3.63) is 65.0 Å². The molecule has 0 aliphatic rings. The van der Waals surface area contributed by atoms with Crippen LogP contribution in [0.5, 0.6) is 0 Å². The lowest BCUT2D eigenvalue weighted by Crippen LogP contribution is -2.22. The number of H-pyrrole nitrogens is 1. The normalized spacial score (nSPS) is 11.6. The number of rotatable bonds is 4. The Labute approximate surface area is 147 Å². The van der Waals surface area contributed by atoms with Crippen LogP contribution in [0.1, 0.15) is 22.5 Å². The minimum atomic E-state index is 0.391. The molecule has 4 N–H and O–H groups in total. The molecular formula is C19H22N6. The predicted molar refractivity (Wildman–Crippen MR) is 101 cm³/mol. The maximum atomic E-state index is 6.00. The minimum absolute atomic E-state index is 0.391. The SMILES string of the molecule is Cc1nc(-c2cccc(CN=C(N)Nc3ccc(C)c(C)c3)c2)n[nH]1. The predicted octanol–water partition coefficient (Wildman–Crippen LogP) is 3.32. The molecule has 2 aromatic carbocycles. The van der Waals surface area contributed by atoms with Crippen LogP contribution in [0.4, 0.5) is 5.69 Å². The zero-order chi connectivity index (χ0) is 17.8. The summed E-state index contributed by atoms with van der Waals surface area (Å²) in [7, 11) is 0. The fraction of sp³-hybridized carbons (Fsp3) is 0.211. The van der Waals surface area contributed by atoms with Gasteiger partial charge in [0.15, 0.2) is 11.8 Å². The van der Waals surface area contributed by atoms with Gasteiger partial charge >= 0.3 is 0 Å². The molecule has 3 rings (SSSR count). The maximum absolute atomic E-state index is 6.00. The van der Waals surface area contributed by atoms with Crippen LogP contribution in [0.25, 0.3) is 11.4 Å². The summed E-state index contributed by atoms with van der Waals surface area (Å²) in [4.78, 5) is 8.77. The lowest BCUT2D eigenvalue weighted by molar-refractivity contribution is 1.04. The molecule has 1 aromatic heterocycles. The van der Waals surface area contributed by atoms with Crippen molar-refractivity contribution in [2.75, 3.05) is 5.32 Å². The summed E-state index contributed by atoms with van der Waals surface area (Å²) in [6.45, 7) is 6.52. The number of hydrogen-bond acceptors (Lipinski definition) is 3. The molecule has 0 amide bonds. The monoisotopic (exact) mass is 334 g/mol. The van der Waals surface area contributed by atoms with Crippen molar-refractivity contribution in [3.8, 4) is 11.4 Å². The van der Waals surface area contributed by atoms with Gasteiger partial charge in [-0.25, -0.2) is 9.98 Å². The van der Waals surface area contributed by atoms with Crippen LogP contribution in [0.2, 0.25) is 0 Å². The van der Waals surface area contributed by atoms with Gasteiger partial charge in [0.2, 0.25) is 0 Å². The number of aromatic nitrogens is 3. The number of aryl methyl sites for hydroxylation is 3. The van der Waals surface area contributed by atoms with Gasteiger partial charge in [0.1, 0.15) is 5.82 Å². The molecular weight excluding hydrogens is 312 g/mol. The second-order valence-corrected chi connectivity index (χ2v) is 6.07. The second kappa shape index (κ2) is 7.17. The molecule has 0 spiro atoms. The highest BCUT2D eigenvalue weighted by Gasteiger charge is 2.04. The van der Waals surface area contributed by atoms with E-state index >= 15 is 0 Å². The standard InChI is InChI=1S/C19H22N6/c1-12-7-8-17(9-13(12)2)23-19(20)21-11-15-5-4-6-16(10-15)18-22-14(3)24-25-18/h4-10H,11H2,1-3H3,(H3,20,21,23)(H,22,24,25). The van der Waals surface area contributed by atoms with E-state index in [4.69, 9.17) is 5.73 Å². The first kappa shape index (κ1) is 16.7. The highest BCUT2D eigenvalue weighted by atomic mass is 15.2. The van der Waals surface area contributed by atoms with E-state index in [1.54, 1.807) is 0 Å². The number of aliphatic imine (C=N–C) groups is 1. The second-order valence-electron chi connectivity index (χ2n) is 6.07. The summed E-state index contributed by atoms with van der Waals surface area (Å²) >= 11 is 0. The van der Waals surface area contributed by atoms with E-state index in [-0.39, 0.29) is 0 Å². The molecule has 0 aliphatic heterocycles. The van der Waals surface area contributed by atoms with Crippen molar-refractivity contribution < 1.29 is 0 Å². The lowest BCUT2D eigenvalue weighted by Gasteiger charge is -2.08. The summed E-state index contributed by atoms with van der Waals surface area (Å²) in [5.41, 5.74) is 11.4. The van der Waals surface area contributed by atoms with E-state index < -0.39 is 0 Å². The van der Waals surface area contributed by atoms with Crippen LogP contribution in [0, 0.1) is 20.8 Å². The van der Waals surface area contributed by atoms with Gasteiger partial charge in [0.25, 0.3) is 0 Å². The van der Waals surface area contributed by atoms with Crippen LogP contribution in [0.3, 0.4) is 0 Å². The molecule has 6 heteroatoms. The Morgan fingerprint density at radius 1 is 1.12 bits per heavy atom. The van der Waals surface area contributed by atoms with Gasteiger partial charge in [-0.3, -0.25) is 5.10 Å². The van der Waals surface area contributed by atoms with Gasteiger partial charge in [0.05, 0.1) is 6.54 Å². The summed E-state index contributed by atoms with van der Waals surface area (Å²) in [6, 6.07) is 14.1. The van der Waals surface area contributed by atoms with Crippen molar-refractivity contribution >= 4 is 11.6 Å². The van der Waals surface area contributed by atoms with E-state index in [1.807, 2.05) is 37.3 Å². The number of benzene rings is 2. The van der Waals surface area contributed by atoms with Gasteiger partial charge in [-0.2, -0.15) is 5.10 Å². The number of guanidine groups is 1. The smallest absolute Gasteiger partial charge is 0.193 e. The molecule has 1 heterocycles. The van der Waals surface area contributed by atoms with Crippen LogP contribution in [-0.2, 0) is 6.54 Å². The minimum Gasteiger partial charge on any atom is -0.370 e. The number of hydrogen-bond donors (Lipinski definition) is 3. The Bertz CT molecular complexity index is 910. The number of anilines is 1. The molecule has 0 aliphatic carbocycles. The number of nitrogens with one attached hydrogen (secondary N) is 2. The van der Waals surface area contributed by atoms with Crippen molar-refractivity contribution in [1.29, 1.82) is 0 Å². The van der Waals surface area contributed by atoms with Gasteiger partial charge in [-0.05, 0) is 55.7 Å². The Morgan fingerprint density at radius 3 is 2.68 bits per heavy atom. The van der Waals surface area contributed by atoms with Gasteiger partial charge in [-0.15, -0.1) is 0 Å². The fourth-order valence-corrected chi connectivity index (χ4v) is 2.46. The Hall–Kier alpha value is -3.15. The summed E-state index contributed by atoms with van der Waals surface area (Å²) in [5.74, 6) is 1.87. The van der Waals surface area contributed by atoms with E-state index in [0.29, 0.717) is 18.3 Å². The topological polar surface area (TPSA) is 92.0 Å². The molecule has 0 saturated carbocycles. The van der Waals surface area contributed by atoms with Crippen LogP contribution >= 0.6 is 0 Å². The molecule has 0 bridgehead atoms. The molecule has 6 nitrogen and oxygen atoms in total. The third kappa shape index (κ3) is 4.23. The number of nitrogens with zero attached hydrogens (tertiary/aromatic N) is 3. The van der Waals surface area contributed by atoms with Gasteiger partial charge < -0.3 is 11.1 Å². The first-order valence-corrected chi connectivity index (χ1v) is 8.14. The van der Waals surface area contributed by atoms with E-state index in [9.17, 15) is 0 Å². The quantitative estimate of drug-likeness (QED) is 0.504. The van der Waals surface area contributed by atoms with Crippen molar-refractivity contribution in [3.63, 3.8) is 0 Å². The third-order valence-electron chi connectivity index (χ3n) is 3.99. The Balaban J connectivity index is 1.69. The maximum Gasteiger partial charge on any atom is 0.193 e. The average molecular weight is 334 g/mol. The number of aromatic amines is 1. The first-order valence-electron chi connectivity index (χ1n) is 8.14.